The van der Waals surface area contributed by atoms with Crippen molar-refractivity contribution in [1.29, 1.82) is 0 Å². The molecular weight excluding hydrogens is 188 g/mol. The Kier molecular flexibility index (Phi) is 7.10. The Balaban J connectivity index is 4.00. The summed E-state index contributed by atoms with van der Waals surface area (Å²) >= 11 is 0. The van der Waals surface area contributed by atoms with Gasteiger partial charge in [-0.15, -0.1) is 0 Å². The number of hydrogen-bond donors (Lipinski definition) is 0. The number of ether oxygens (including phenoxy) is 1. The molecule has 2 nitrogen and oxygen atoms in total. The average Bonchev–Trinajstić information content (AvgIpc) is 2.18. The van der Waals surface area contributed by atoms with Crippen LogP contribution < -0.4 is 0 Å². The third kappa shape index (κ3) is 6.32. The number of rotatable bonds is 8. The molecule has 88 valence electrons. The van der Waals surface area contributed by atoms with Gasteiger partial charge in [0.25, 0.3) is 6.47 Å². The second-order valence-corrected chi connectivity index (χ2v) is 4.36. The fourth-order valence-corrected chi connectivity index (χ4v) is 1.56. The second kappa shape index (κ2) is 7.49. The van der Waals surface area contributed by atoms with Crippen LogP contribution in [0.5, 0.6) is 0 Å². The quantitative estimate of drug-likeness (QED) is 0.451. The van der Waals surface area contributed by atoms with Crippen LogP contribution in [0.3, 0.4) is 0 Å². The van der Waals surface area contributed by atoms with Gasteiger partial charge >= 0.3 is 0 Å². The summed E-state index contributed by atoms with van der Waals surface area (Å²) < 4.78 is 5.11. The summed E-state index contributed by atoms with van der Waals surface area (Å²) in [5.74, 6) is 0. The highest BCUT2D eigenvalue weighted by Crippen LogP contribution is 2.21. The molecule has 0 radical (unpaired) electrons. The van der Waals surface area contributed by atoms with Crippen molar-refractivity contribution in [3.63, 3.8) is 0 Å². The van der Waals surface area contributed by atoms with Crippen molar-refractivity contribution in [2.45, 2.75) is 65.4 Å². The van der Waals surface area contributed by atoms with Crippen LogP contribution in [0.4, 0.5) is 0 Å². The normalized spacial score (nSPS) is 15.9. The molecule has 15 heavy (non-hydrogen) atoms. The predicted molar refractivity (Wildman–Crippen MR) is 63.7 cm³/mol. The fraction of sp³-hybridized carbons (Fsp3) is 0.769. The minimum atomic E-state index is -0.287. The van der Waals surface area contributed by atoms with E-state index in [1.165, 1.54) is 12.0 Å². The molecule has 1 atom stereocenters. The van der Waals surface area contributed by atoms with E-state index in [1.807, 2.05) is 13.8 Å². The van der Waals surface area contributed by atoms with Gasteiger partial charge in [0.1, 0.15) is 5.60 Å². The van der Waals surface area contributed by atoms with Crippen molar-refractivity contribution in [1.82, 2.24) is 0 Å². The maximum Gasteiger partial charge on any atom is 0.293 e. The first-order valence-electron chi connectivity index (χ1n) is 5.85. The molecule has 0 spiro atoms. The zero-order valence-electron chi connectivity index (χ0n) is 10.5. The smallest absolute Gasteiger partial charge is 0.293 e. The molecule has 0 aliphatic carbocycles. The number of carbonyl (C=O) groups excluding carboxylic acids is 1. The molecule has 0 saturated carbocycles. The Morgan fingerprint density at radius 1 is 1.40 bits per heavy atom. The zero-order chi connectivity index (χ0) is 11.7. The average molecular weight is 212 g/mol. The summed E-state index contributed by atoms with van der Waals surface area (Å²) in [5, 5.41) is 0. The third-order valence-electron chi connectivity index (χ3n) is 2.89. The lowest BCUT2D eigenvalue weighted by Gasteiger charge is -2.25. The lowest BCUT2D eigenvalue weighted by Crippen LogP contribution is -2.26. The molecule has 0 bridgehead atoms. The summed E-state index contributed by atoms with van der Waals surface area (Å²) in [7, 11) is 0. The van der Waals surface area contributed by atoms with Gasteiger partial charge in [0.2, 0.25) is 0 Å². The highest BCUT2D eigenvalue weighted by Gasteiger charge is 2.21. The summed E-state index contributed by atoms with van der Waals surface area (Å²) in [6.07, 6.45) is 7.38. The van der Waals surface area contributed by atoms with Crippen LogP contribution in [0.15, 0.2) is 11.6 Å². The standard InChI is InChI=1S/C13H24O2/c1-5-8-12(3)9-7-10-13(4,6-2)15-11-14/h9,11H,5-8,10H2,1-4H3/b12-9+. The molecule has 0 fully saturated rings. The molecule has 0 aromatic heterocycles. The topological polar surface area (TPSA) is 26.3 Å². The highest BCUT2D eigenvalue weighted by molar-refractivity contribution is 5.38. The van der Waals surface area contributed by atoms with Crippen LogP contribution in [0.2, 0.25) is 0 Å². The molecular formula is C13H24O2. The molecule has 0 heterocycles. The molecule has 0 saturated heterocycles. The Bertz CT molecular complexity index is 209. The lowest BCUT2D eigenvalue weighted by molar-refractivity contribution is -0.142. The largest absolute Gasteiger partial charge is 0.462 e. The van der Waals surface area contributed by atoms with Crippen LogP contribution in [0.25, 0.3) is 0 Å². The number of allylic oxidation sites excluding steroid dienone is 2. The van der Waals surface area contributed by atoms with Gasteiger partial charge in [0, 0.05) is 0 Å². The van der Waals surface area contributed by atoms with Crippen molar-refractivity contribution in [2.24, 2.45) is 0 Å². The summed E-state index contributed by atoms with van der Waals surface area (Å²) in [6, 6.07) is 0. The predicted octanol–water partition coefficient (Wildman–Crippen LogP) is 3.85. The Morgan fingerprint density at radius 2 is 2.07 bits per heavy atom. The molecule has 2 heteroatoms. The zero-order valence-corrected chi connectivity index (χ0v) is 10.5. The third-order valence-corrected chi connectivity index (χ3v) is 2.89. The molecule has 0 amide bonds. The van der Waals surface area contributed by atoms with E-state index in [9.17, 15) is 4.79 Å². The minimum absolute atomic E-state index is 0.287. The van der Waals surface area contributed by atoms with Crippen LogP contribution in [-0.4, -0.2) is 12.1 Å². The van der Waals surface area contributed by atoms with E-state index in [0.717, 1.165) is 25.7 Å². The van der Waals surface area contributed by atoms with E-state index in [2.05, 4.69) is 19.9 Å². The summed E-state index contributed by atoms with van der Waals surface area (Å²) in [6.45, 7) is 8.94. The van der Waals surface area contributed by atoms with E-state index in [0.29, 0.717) is 6.47 Å². The molecule has 0 aromatic carbocycles. The van der Waals surface area contributed by atoms with Crippen molar-refractivity contribution >= 4 is 6.47 Å². The first-order chi connectivity index (χ1) is 7.08. The van der Waals surface area contributed by atoms with Gasteiger partial charge < -0.3 is 4.74 Å². The Morgan fingerprint density at radius 3 is 2.53 bits per heavy atom. The van der Waals surface area contributed by atoms with Crippen molar-refractivity contribution < 1.29 is 9.53 Å². The second-order valence-electron chi connectivity index (χ2n) is 4.36. The fourth-order valence-electron chi connectivity index (χ4n) is 1.56. The first-order valence-corrected chi connectivity index (χ1v) is 5.85. The van der Waals surface area contributed by atoms with E-state index < -0.39 is 0 Å². The molecule has 0 aliphatic heterocycles. The van der Waals surface area contributed by atoms with Crippen molar-refractivity contribution in [3.8, 4) is 0 Å². The Labute approximate surface area is 93.7 Å². The van der Waals surface area contributed by atoms with Crippen LogP contribution in [-0.2, 0) is 9.53 Å². The first kappa shape index (κ1) is 14.2. The van der Waals surface area contributed by atoms with Crippen LogP contribution in [0, 0.1) is 0 Å². The number of hydrogen-bond acceptors (Lipinski definition) is 2. The van der Waals surface area contributed by atoms with Gasteiger partial charge in [0.05, 0.1) is 0 Å². The van der Waals surface area contributed by atoms with Crippen LogP contribution >= 0.6 is 0 Å². The highest BCUT2D eigenvalue weighted by atomic mass is 16.5. The Hall–Kier alpha value is -0.790. The van der Waals surface area contributed by atoms with Crippen LogP contribution in [0.1, 0.15) is 59.8 Å². The van der Waals surface area contributed by atoms with E-state index in [-0.39, 0.29) is 5.60 Å². The van der Waals surface area contributed by atoms with E-state index >= 15 is 0 Å². The summed E-state index contributed by atoms with van der Waals surface area (Å²) in [4.78, 5) is 10.3. The van der Waals surface area contributed by atoms with Crippen molar-refractivity contribution in [3.05, 3.63) is 11.6 Å². The monoisotopic (exact) mass is 212 g/mol. The molecule has 0 aromatic rings. The number of carbonyl (C=O) groups is 1. The summed E-state index contributed by atoms with van der Waals surface area (Å²) in [5.41, 5.74) is 1.15. The SMILES string of the molecule is CCC/C(C)=C/CCC(C)(CC)OC=O. The maximum atomic E-state index is 10.3. The van der Waals surface area contributed by atoms with Gasteiger partial charge in [-0.25, -0.2) is 0 Å². The van der Waals surface area contributed by atoms with Gasteiger partial charge in [-0.05, 0) is 39.5 Å². The van der Waals surface area contributed by atoms with Gasteiger partial charge in [0.15, 0.2) is 0 Å². The lowest BCUT2D eigenvalue weighted by atomic mass is 9.96. The minimum Gasteiger partial charge on any atom is -0.462 e. The molecule has 0 rings (SSSR count). The van der Waals surface area contributed by atoms with Crippen molar-refractivity contribution in [2.75, 3.05) is 0 Å². The van der Waals surface area contributed by atoms with E-state index in [4.69, 9.17) is 4.74 Å². The van der Waals surface area contributed by atoms with E-state index in [1.54, 1.807) is 0 Å². The van der Waals surface area contributed by atoms with Gasteiger partial charge in [-0.3, -0.25) is 4.79 Å². The van der Waals surface area contributed by atoms with Gasteiger partial charge in [-0.1, -0.05) is 31.9 Å². The molecule has 0 N–H and O–H groups in total. The van der Waals surface area contributed by atoms with Gasteiger partial charge in [-0.2, -0.15) is 0 Å². The molecule has 1 unspecified atom stereocenters. The molecule has 0 aliphatic rings. The maximum absolute atomic E-state index is 10.3.